The topological polar surface area (TPSA) is 121 Å². The number of imidazole rings is 1. The third kappa shape index (κ3) is 6.94. The second kappa shape index (κ2) is 11.9. The first-order chi connectivity index (χ1) is 18.5. The smallest absolute Gasteiger partial charge is 0.296 e. The molecular formula is C26H43N4O6PS2Si. The van der Waals surface area contributed by atoms with Crippen molar-refractivity contribution in [3.63, 3.8) is 0 Å². The van der Waals surface area contributed by atoms with Crippen molar-refractivity contribution in [2.24, 2.45) is 5.92 Å². The lowest BCUT2D eigenvalue weighted by Crippen LogP contribution is -2.44. The second-order valence-corrected chi connectivity index (χ2v) is 20.6. The molecule has 0 radical (unpaired) electrons. The van der Waals surface area contributed by atoms with Crippen LogP contribution >= 0.6 is 19.8 Å². The Morgan fingerprint density at radius 1 is 1.40 bits per heavy atom. The van der Waals surface area contributed by atoms with Crippen molar-refractivity contribution < 1.29 is 23.3 Å². The molecule has 0 bridgehead atoms. The van der Waals surface area contributed by atoms with Gasteiger partial charge in [-0.15, -0.1) is 0 Å². The maximum atomic E-state index is 12.3. The van der Waals surface area contributed by atoms with Crippen LogP contribution in [0.3, 0.4) is 0 Å². The molecule has 0 spiro atoms. The van der Waals surface area contributed by atoms with Crippen LogP contribution in [-0.2, 0) is 30.0 Å². The van der Waals surface area contributed by atoms with E-state index < -0.39 is 45.5 Å². The third-order valence-electron chi connectivity index (χ3n) is 8.70. The number of nitrogens with zero attached hydrogens (tertiary/aromatic N) is 3. The van der Waals surface area contributed by atoms with Gasteiger partial charge in [0.1, 0.15) is 12.3 Å². The Balaban J connectivity index is 1.54. The summed E-state index contributed by atoms with van der Waals surface area (Å²) in [4.78, 5) is 22.8. The van der Waals surface area contributed by atoms with Crippen LogP contribution in [0.15, 0.2) is 23.3 Å². The zero-order valence-electron chi connectivity index (χ0n) is 24.4. The maximum absolute atomic E-state index is 12.3. The van der Waals surface area contributed by atoms with Crippen LogP contribution in [-0.4, -0.2) is 62.6 Å². The first kappa shape index (κ1) is 31.9. The summed E-state index contributed by atoms with van der Waals surface area (Å²) in [5, 5.41) is 9.92. The Morgan fingerprint density at radius 3 is 2.75 bits per heavy atom. The lowest BCUT2D eigenvalue weighted by molar-refractivity contribution is -0.0372. The summed E-state index contributed by atoms with van der Waals surface area (Å²) in [6.07, 6.45) is 3.17. The standard InChI is InChI=1S/C26H43N4O6PS2Si/c1-15(2)16-9-10-26(6,38)19(11-16)36-37(39)35-17-12-20(34-18(17)13-33-40(7,8)25(3,4)5)30-14-27-21-22(30)28-24(32)29-23(21)31/h14,16-20,37-38H,1,9-13H2,2-8H3,(H2,28,29,31,32)/t16-,17+,18-,19+,20-,26+/m1/s1. The Bertz CT molecular complexity index is 1330. The van der Waals surface area contributed by atoms with Crippen molar-refractivity contribution in [1.29, 1.82) is 0 Å². The van der Waals surface area contributed by atoms with Crippen LogP contribution in [0.5, 0.6) is 6.01 Å². The fourth-order valence-corrected chi connectivity index (χ4v) is 8.18. The molecule has 1 aliphatic heterocycles. The summed E-state index contributed by atoms with van der Waals surface area (Å²) in [5.74, 6) is 0.376. The Labute approximate surface area is 248 Å². The monoisotopic (exact) mass is 630 g/mol. The van der Waals surface area contributed by atoms with E-state index in [2.05, 4.69) is 69.2 Å². The van der Waals surface area contributed by atoms with E-state index in [0.29, 0.717) is 18.9 Å². The average Bonchev–Trinajstić information content (AvgIpc) is 3.42. The van der Waals surface area contributed by atoms with Gasteiger partial charge in [-0.3, -0.25) is 14.3 Å². The van der Waals surface area contributed by atoms with Gasteiger partial charge >= 0.3 is 0 Å². The molecule has 3 heterocycles. The SMILES string of the molecule is C=C(C)[C@@H]1CC[C@](C)(S)[C@@H](O[PH](=S)O[C@H]2C[C@H](n3cnc4c(=O)[nH]c(O)nc43)O[C@@H]2CO[Si](C)(C)C(C)(C)C)C1. The number of nitrogens with one attached hydrogen (secondary N) is 1. The van der Waals surface area contributed by atoms with Gasteiger partial charge < -0.3 is 23.3 Å². The molecule has 14 heteroatoms. The Hall–Kier alpha value is -1.05. The number of thiol groups is 1. The van der Waals surface area contributed by atoms with Gasteiger partial charge in [0, 0.05) is 11.2 Å². The normalized spacial score (nSPS) is 30.6. The van der Waals surface area contributed by atoms with Crippen molar-refractivity contribution in [3.8, 4) is 6.01 Å². The number of hydrogen-bond donors (Lipinski definition) is 3. The summed E-state index contributed by atoms with van der Waals surface area (Å²) >= 11 is 10.7. The molecule has 7 atom stereocenters. The highest BCUT2D eigenvalue weighted by molar-refractivity contribution is 8.00. The van der Waals surface area contributed by atoms with E-state index >= 15 is 0 Å². The minimum absolute atomic E-state index is 0.0261. The number of fused-ring (bicyclic) bond motifs is 1. The molecule has 0 aromatic carbocycles. The van der Waals surface area contributed by atoms with E-state index in [1.54, 1.807) is 4.57 Å². The highest BCUT2D eigenvalue weighted by Crippen LogP contribution is 2.47. The summed E-state index contributed by atoms with van der Waals surface area (Å²) in [7, 11) is -4.18. The van der Waals surface area contributed by atoms with Crippen molar-refractivity contribution in [2.75, 3.05) is 6.61 Å². The average molecular weight is 631 g/mol. The molecule has 4 rings (SSSR count). The minimum atomic E-state index is -2.11. The first-order valence-corrected chi connectivity index (χ1v) is 19.5. The lowest BCUT2D eigenvalue weighted by Gasteiger charge is -2.41. The van der Waals surface area contributed by atoms with Gasteiger partial charge in [0.2, 0.25) is 0 Å². The van der Waals surface area contributed by atoms with Crippen LogP contribution in [0.2, 0.25) is 18.1 Å². The highest BCUT2D eigenvalue weighted by Gasteiger charge is 2.44. The second-order valence-electron chi connectivity index (χ2n) is 12.8. The number of allylic oxidation sites excluding steroid dienone is 1. The molecule has 2 N–H and O–H groups in total. The number of aromatic nitrogens is 4. The van der Waals surface area contributed by atoms with Crippen molar-refractivity contribution in [1.82, 2.24) is 19.5 Å². The summed E-state index contributed by atoms with van der Waals surface area (Å²) in [6.45, 7) is 19.6. The van der Waals surface area contributed by atoms with Crippen molar-refractivity contribution >= 4 is 51.1 Å². The molecule has 2 aliphatic rings. The molecule has 2 aromatic rings. The molecule has 1 saturated heterocycles. The van der Waals surface area contributed by atoms with Gasteiger partial charge in [-0.2, -0.15) is 17.6 Å². The van der Waals surface area contributed by atoms with Crippen LogP contribution in [0.4, 0.5) is 0 Å². The number of hydrogen-bond acceptors (Lipinski definition) is 10. The number of aromatic amines is 1. The quantitative estimate of drug-likeness (QED) is 0.143. The maximum Gasteiger partial charge on any atom is 0.296 e. The number of H-pyrrole nitrogens is 1. The van der Waals surface area contributed by atoms with Gasteiger partial charge in [-0.1, -0.05) is 32.9 Å². The molecule has 2 fully saturated rings. The predicted octanol–water partition coefficient (Wildman–Crippen LogP) is 5.48. The van der Waals surface area contributed by atoms with Gasteiger partial charge in [-0.25, -0.2) is 4.98 Å². The zero-order chi connectivity index (χ0) is 29.6. The zero-order valence-corrected chi connectivity index (χ0v) is 28.1. The molecule has 1 aliphatic carbocycles. The van der Waals surface area contributed by atoms with E-state index in [4.69, 9.17) is 42.6 Å². The number of ether oxygens (including phenoxy) is 1. The first-order valence-electron chi connectivity index (χ1n) is 13.7. The highest BCUT2D eigenvalue weighted by atomic mass is 32.4. The van der Waals surface area contributed by atoms with Crippen LogP contribution < -0.4 is 5.56 Å². The van der Waals surface area contributed by atoms with Crippen LogP contribution in [0.25, 0.3) is 11.2 Å². The summed E-state index contributed by atoms with van der Waals surface area (Å²) in [5.41, 5.74) is 0.977. The predicted molar refractivity (Wildman–Crippen MR) is 166 cm³/mol. The van der Waals surface area contributed by atoms with Gasteiger partial charge in [0.05, 0.1) is 25.1 Å². The third-order valence-corrected chi connectivity index (χ3v) is 15.3. The van der Waals surface area contributed by atoms with E-state index in [0.717, 1.165) is 24.8 Å². The Kier molecular flexibility index (Phi) is 9.49. The largest absolute Gasteiger partial charge is 0.480 e. The van der Waals surface area contributed by atoms with E-state index in [1.807, 2.05) is 0 Å². The molecule has 10 nitrogen and oxygen atoms in total. The lowest BCUT2D eigenvalue weighted by atomic mass is 9.77. The molecular weight excluding hydrogens is 588 g/mol. The van der Waals surface area contributed by atoms with Crippen molar-refractivity contribution in [2.45, 2.75) is 108 Å². The van der Waals surface area contributed by atoms with Crippen LogP contribution in [0.1, 0.15) is 66.5 Å². The summed E-state index contributed by atoms with van der Waals surface area (Å²) in [6, 6.07) is -0.484. The van der Waals surface area contributed by atoms with Gasteiger partial charge in [0.15, 0.2) is 26.6 Å². The van der Waals surface area contributed by atoms with E-state index in [9.17, 15) is 9.90 Å². The number of aromatic hydroxyl groups is 1. The molecule has 2 aromatic heterocycles. The van der Waals surface area contributed by atoms with Gasteiger partial charge in [0.25, 0.3) is 11.6 Å². The molecule has 1 unspecified atom stereocenters. The van der Waals surface area contributed by atoms with Gasteiger partial charge in [-0.05, 0) is 69.0 Å². The van der Waals surface area contributed by atoms with E-state index in [1.165, 1.54) is 6.33 Å². The Morgan fingerprint density at radius 2 is 2.10 bits per heavy atom. The molecule has 0 amide bonds. The fourth-order valence-electron chi connectivity index (χ4n) is 4.93. The summed E-state index contributed by atoms with van der Waals surface area (Å²) < 4.78 is 27.1. The molecule has 40 heavy (non-hydrogen) atoms. The van der Waals surface area contributed by atoms with Crippen LogP contribution in [0, 0.1) is 5.92 Å². The van der Waals surface area contributed by atoms with Crippen molar-refractivity contribution in [3.05, 3.63) is 28.8 Å². The molecule has 1 saturated carbocycles. The fraction of sp³-hybridized carbons (Fsp3) is 0.731. The number of rotatable bonds is 9. The minimum Gasteiger partial charge on any atom is -0.480 e. The van der Waals surface area contributed by atoms with E-state index in [-0.39, 0.29) is 27.1 Å². The molecule has 224 valence electrons.